The van der Waals surface area contributed by atoms with Crippen LogP contribution in [0.15, 0.2) is 48.8 Å². The number of anilines is 1. The van der Waals surface area contributed by atoms with Crippen molar-refractivity contribution >= 4 is 18.2 Å². The van der Waals surface area contributed by atoms with E-state index in [0.29, 0.717) is 5.82 Å². The predicted octanol–water partition coefficient (Wildman–Crippen LogP) is 3.48. The molecule has 4 rings (SSSR count). The van der Waals surface area contributed by atoms with Gasteiger partial charge in [-0.1, -0.05) is 12.1 Å². The Morgan fingerprint density at radius 2 is 1.76 bits per heavy atom. The van der Waals surface area contributed by atoms with E-state index in [-0.39, 0.29) is 12.4 Å². The monoisotopic (exact) mass is 353 g/mol. The van der Waals surface area contributed by atoms with Gasteiger partial charge in [-0.2, -0.15) is 0 Å². The molecule has 25 heavy (non-hydrogen) atoms. The van der Waals surface area contributed by atoms with E-state index >= 15 is 0 Å². The topological polar surface area (TPSA) is 54.8 Å². The standard InChI is InChI=1S/C19H19N5.ClH/c1-24(13-14-7-2-4-11-20-14)19-15-8-6-10-16(15)22-18(23-19)17-9-3-5-12-21-17;/h2-5,7,9,11-12H,6,8,10,13H2,1H3;1H. The second-order valence-corrected chi connectivity index (χ2v) is 6.04. The van der Waals surface area contributed by atoms with Gasteiger partial charge in [-0.25, -0.2) is 9.97 Å². The highest BCUT2D eigenvalue weighted by molar-refractivity contribution is 5.85. The third-order valence-corrected chi connectivity index (χ3v) is 4.29. The molecule has 1 aliphatic rings. The van der Waals surface area contributed by atoms with Crippen LogP contribution in [-0.2, 0) is 19.4 Å². The summed E-state index contributed by atoms with van der Waals surface area (Å²) in [5.41, 5.74) is 4.28. The second kappa shape index (κ2) is 7.57. The van der Waals surface area contributed by atoms with Gasteiger partial charge in [0.15, 0.2) is 5.82 Å². The number of halogens is 1. The number of nitrogens with zero attached hydrogens (tertiary/aromatic N) is 5. The first-order chi connectivity index (χ1) is 11.8. The quantitative estimate of drug-likeness (QED) is 0.718. The first kappa shape index (κ1) is 17.3. The van der Waals surface area contributed by atoms with Crippen LogP contribution in [0.1, 0.15) is 23.4 Å². The van der Waals surface area contributed by atoms with Crippen molar-refractivity contribution in [2.45, 2.75) is 25.8 Å². The number of hydrogen-bond donors (Lipinski definition) is 0. The zero-order chi connectivity index (χ0) is 16.4. The van der Waals surface area contributed by atoms with E-state index in [1.165, 1.54) is 5.56 Å². The molecule has 128 valence electrons. The smallest absolute Gasteiger partial charge is 0.180 e. The molecule has 0 saturated heterocycles. The number of aryl methyl sites for hydroxylation is 1. The number of rotatable bonds is 4. The lowest BCUT2D eigenvalue weighted by Gasteiger charge is -2.21. The predicted molar refractivity (Wildman–Crippen MR) is 101 cm³/mol. The lowest BCUT2D eigenvalue weighted by molar-refractivity contribution is 0.847. The van der Waals surface area contributed by atoms with Crippen LogP contribution in [0.3, 0.4) is 0 Å². The zero-order valence-corrected chi connectivity index (χ0v) is 14.9. The molecule has 5 nitrogen and oxygen atoms in total. The van der Waals surface area contributed by atoms with E-state index < -0.39 is 0 Å². The molecule has 1 aliphatic carbocycles. The molecule has 0 spiro atoms. The summed E-state index contributed by atoms with van der Waals surface area (Å²) in [7, 11) is 2.07. The number of fused-ring (bicyclic) bond motifs is 1. The highest BCUT2D eigenvalue weighted by atomic mass is 35.5. The maximum atomic E-state index is 4.84. The van der Waals surface area contributed by atoms with Crippen molar-refractivity contribution in [3.8, 4) is 11.5 Å². The Hall–Kier alpha value is -2.53. The molecule has 0 radical (unpaired) electrons. The molecule has 0 amide bonds. The van der Waals surface area contributed by atoms with E-state index in [1.54, 1.807) is 6.20 Å². The Morgan fingerprint density at radius 3 is 2.48 bits per heavy atom. The minimum atomic E-state index is 0. The minimum absolute atomic E-state index is 0. The van der Waals surface area contributed by atoms with Gasteiger partial charge in [-0.3, -0.25) is 9.97 Å². The van der Waals surface area contributed by atoms with Crippen molar-refractivity contribution in [1.29, 1.82) is 0 Å². The summed E-state index contributed by atoms with van der Waals surface area (Å²) in [4.78, 5) is 20.6. The summed E-state index contributed by atoms with van der Waals surface area (Å²) in [5.74, 6) is 1.71. The second-order valence-electron chi connectivity index (χ2n) is 6.04. The van der Waals surface area contributed by atoms with E-state index in [0.717, 1.165) is 48.7 Å². The van der Waals surface area contributed by atoms with Crippen molar-refractivity contribution in [2.24, 2.45) is 0 Å². The van der Waals surface area contributed by atoms with E-state index in [1.807, 2.05) is 42.6 Å². The highest BCUT2D eigenvalue weighted by Crippen LogP contribution is 2.30. The molecule has 0 aromatic carbocycles. The summed E-state index contributed by atoms with van der Waals surface area (Å²) in [5, 5.41) is 0. The van der Waals surface area contributed by atoms with Crippen molar-refractivity contribution in [2.75, 3.05) is 11.9 Å². The first-order valence-corrected chi connectivity index (χ1v) is 8.23. The summed E-state index contributed by atoms with van der Waals surface area (Å²) in [6.07, 6.45) is 6.80. The number of pyridine rings is 2. The van der Waals surface area contributed by atoms with Crippen LogP contribution >= 0.6 is 12.4 Å². The molecular formula is C19H20ClN5. The minimum Gasteiger partial charge on any atom is -0.353 e. The average Bonchev–Trinajstić information content (AvgIpc) is 3.11. The number of hydrogen-bond acceptors (Lipinski definition) is 5. The maximum absolute atomic E-state index is 4.84. The SMILES string of the molecule is CN(Cc1ccccn1)c1nc(-c2ccccn2)nc2c1CCC2.Cl. The third kappa shape index (κ3) is 3.61. The molecular weight excluding hydrogens is 334 g/mol. The summed E-state index contributed by atoms with van der Waals surface area (Å²) in [6.45, 7) is 0.728. The van der Waals surface area contributed by atoms with Crippen molar-refractivity contribution < 1.29 is 0 Å². The molecule has 0 atom stereocenters. The van der Waals surface area contributed by atoms with Crippen LogP contribution in [0.4, 0.5) is 5.82 Å². The van der Waals surface area contributed by atoms with Gasteiger partial charge in [0.25, 0.3) is 0 Å². The molecule has 3 aromatic heterocycles. The molecule has 0 bridgehead atoms. The summed E-state index contributed by atoms with van der Waals surface area (Å²) in [6, 6.07) is 11.8. The van der Waals surface area contributed by atoms with Gasteiger partial charge in [0.05, 0.1) is 12.2 Å². The maximum Gasteiger partial charge on any atom is 0.180 e. The van der Waals surface area contributed by atoms with Crippen LogP contribution in [-0.4, -0.2) is 27.0 Å². The molecule has 0 unspecified atom stereocenters. The molecule has 0 fully saturated rings. The van der Waals surface area contributed by atoms with Crippen LogP contribution < -0.4 is 4.90 Å². The van der Waals surface area contributed by atoms with Crippen LogP contribution in [0.25, 0.3) is 11.5 Å². The van der Waals surface area contributed by atoms with Gasteiger partial charge in [-0.05, 0) is 43.5 Å². The Bertz CT molecular complexity index is 839. The normalized spacial score (nSPS) is 12.4. The van der Waals surface area contributed by atoms with Crippen LogP contribution in [0.2, 0.25) is 0 Å². The summed E-state index contributed by atoms with van der Waals surface area (Å²) >= 11 is 0. The fourth-order valence-electron chi connectivity index (χ4n) is 3.15. The fraction of sp³-hybridized carbons (Fsp3) is 0.263. The van der Waals surface area contributed by atoms with Gasteiger partial charge in [0.1, 0.15) is 11.5 Å². The molecule has 3 heterocycles. The van der Waals surface area contributed by atoms with Crippen molar-refractivity contribution in [3.05, 3.63) is 65.7 Å². The third-order valence-electron chi connectivity index (χ3n) is 4.29. The van der Waals surface area contributed by atoms with Gasteiger partial charge in [0, 0.05) is 30.7 Å². The zero-order valence-electron chi connectivity index (χ0n) is 14.1. The molecule has 0 aliphatic heterocycles. The van der Waals surface area contributed by atoms with Gasteiger partial charge in [-0.15, -0.1) is 12.4 Å². The number of aromatic nitrogens is 4. The molecule has 0 saturated carbocycles. The van der Waals surface area contributed by atoms with Crippen molar-refractivity contribution in [3.63, 3.8) is 0 Å². The Morgan fingerprint density at radius 1 is 0.960 bits per heavy atom. The Labute approximate surface area is 153 Å². The molecule has 0 N–H and O–H groups in total. The van der Waals surface area contributed by atoms with E-state index in [4.69, 9.17) is 9.97 Å². The largest absolute Gasteiger partial charge is 0.353 e. The summed E-state index contributed by atoms with van der Waals surface area (Å²) < 4.78 is 0. The fourth-order valence-corrected chi connectivity index (χ4v) is 3.15. The Kier molecular flexibility index (Phi) is 5.24. The molecule has 3 aromatic rings. The van der Waals surface area contributed by atoms with E-state index in [2.05, 4.69) is 21.9 Å². The average molecular weight is 354 g/mol. The van der Waals surface area contributed by atoms with Gasteiger partial charge in [0.2, 0.25) is 0 Å². The van der Waals surface area contributed by atoms with E-state index in [9.17, 15) is 0 Å². The van der Waals surface area contributed by atoms with Crippen LogP contribution in [0, 0.1) is 0 Å². The van der Waals surface area contributed by atoms with Crippen LogP contribution in [0.5, 0.6) is 0 Å². The lowest BCUT2D eigenvalue weighted by atomic mass is 10.2. The van der Waals surface area contributed by atoms with Gasteiger partial charge < -0.3 is 4.90 Å². The lowest BCUT2D eigenvalue weighted by Crippen LogP contribution is -2.21. The van der Waals surface area contributed by atoms with Gasteiger partial charge >= 0.3 is 0 Å². The Balaban J connectivity index is 0.00000182. The first-order valence-electron chi connectivity index (χ1n) is 8.23. The van der Waals surface area contributed by atoms with Crippen molar-refractivity contribution in [1.82, 2.24) is 19.9 Å². The highest BCUT2D eigenvalue weighted by Gasteiger charge is 2.22. The molecule has 6 heteroatoms.